The zero-order valence-corrected chi connectivity index (χ0v) is 7.97. The Morgan fingerprint density at radius 3 is 3.00 bits per heavy atom. The van der Waals surface area contributed by atoms with Gasteiger partial charge in [-0.15, -0.1) is 0 Å². The summed E-state index contributed by atoms with van der Waals surface area (Å²) >= 11 is 3.20. The molecule has 12 heavy (non-hydrogen) atoms. The number of imidazole rings is 1. The first-order valence-electron chi connectivity index (χ1n) is 3.44. The Hall–Kier alpha value is -0.900. The summed E-state index contributed by atoms with van der Waals surface area (Å²) in [5, 5.41) is 0. The summed E-state index contributed by atoms with van der Waals surface area (Å²) in [5.41, 5.74) is 1.21. The highest BCUT2D eigenvalue weighted by atomic mass is 79.9. The number of aryl methyl sites for hydroxylation is 1. The van der Waals surface area contributed by atoms with Crippen LogP contribution < -0.4 is 0 Å². The maximum absolute atomic E-state index is 13.3. The van der Waals surface area contributed by atoms with E-state index >= 15 is 0 Å². The van der Waals surface area contributed by atoms with E-state index in [2.05, 4.69) is 20.9 Å². The van der Waals surface area contributed by atoms with Crippen LogP contribution in [0.2, 0.25) is 0 Å². The van der Waals surface area contributed by atoms with Gasteiger partial charge in [0.25, 0.3) is 0 Å². The van der Waals surface area contributed by atoms with Gasteiger partial charge in [0.1, 0.15) is 11.3 Å². The molecular weight excluding hydrogens is 223 g/mol. The van der Waals surface area contributed by atoms with Gasteiger partial charge < -0.3 is 4.57 Å². The summed E-state index contributed by atoms with van der Waals surface area (Å²) in [6, 6.07) is 3.22. The van der Waals surface area contributed by atoms with Crippen LogP contribution in [0, 0.1) is 5.82 Å². The van der Waals surface area contributed by atoms with Crippen LogP contribution in [0.15, 0.2) is 22.9 Å². The third kappa shape index (κ3) is 1.03. The maximum atomic E-state index is 13.3. The third-order valence-electron chi connectivity index (χ3n) is 1.73. The second kappa shape index (κ2) is 2.55. The first kappa shape index (κ1) is 7.73. The second-order valence-corrected chi connectivity index (χ2v) is 3.53. The largest absolute Gasteiger partial charge is 0.331 e. The molecule has 1 heterocycles. The van der Waals surface area contributed by atoms with Crippen molar-refractivity contribution < 1.29 is 4.39 Å². The maximum Gasteiger partial charge on any atom is 0.150 e. The summed E-state index contributed by atoms with van der Waals surface area (Å²) in [7, 11) is 1.77. The fraction of sp³-hybridized carbons (Fsp3) is 0.125. The molecule has 1 aromatic heterocycles. The summed E-state index contributed by atoms with van der Waals surface area (Å²) in [6.07, 6.45) is 1.60. The topological polar surface area (TPSA) is 17.8 Å². The zero-order valence-electron chi connectivity index (χ0n) is 6.38. The Bertz CT molecular complexity index is 436. The summed E-state index contributed by atoms with van der Waals surface area (Å²) in [5.74, 6) is -0.251. The smallest absolute Gasteiger partial charge is 0.150 e. The molecule has 0 atom stereocenters. The van der Waals surface area contributed by atoms with Gasteiger partial charge in [-0.05, 0) is 12.1 Å². The van der Waals surface area contributed by atoms with Gasteiger partial charge in [0.2, 0.25) is 0 Å². The van der Waals surface area contributed by atoms with Crippen LogP contribution in [0.1, 0.15) is 0 Å². The average molecular weight is 229 g/mol. The van der Waals surface area contributed by atoms with Crippen molar-refractivity contribution in [2.75, 3.05) is 0 Å². The molecule has 0 aliphatic rings. The minimum absolute atomic E-state index is 0.251. The molecule has 4 heteroatoms. The SMILES string of the molecule is Cn1cnc2cc(Br)cc(F)c21. The predicted octanol–water partition coefficient (Wildman–Crippen LogP) is 2.47. The van der Waals surface area contributed by atoms with Crippen molar-refractivity contribution in [3.63, 3.8) is 0 Å². The van der Waals surface area contributed by atoms with Crippen LogP contribution in [0.3, 0.4) is 0 Å². The van der Waals surface area contributed by atoms with E-state index < -0.39 is 0 Å². The zero-order chi connectivity index (χ0) is 8.72. The molecule has 2 nitrogen and oxygen atoms in total. The van der Waals surface area contributed by atoms with Gasteiger partial charge in [0, 0.05) is 11.5 Å². The molecule has 0 amide bonds. The van der Waals surface area contributed by atoms with Crippen molar-refractivity contribution >= 4 is 27.0 Å². The molecule has 0 radical (unpaired) electrons. The molecule has 0 bridgehead atoms. The number of aromatic nitrogens is 2. The molecule has 1 aromatic carbocycles. The van der Waals surface area contributed by atoms with Crippen LogP contribution in [0.4, 0.5) is 4.39 Å². The van der Waals surface area contributed by atoms with Crippen molar-refractivity contribution in [3.05, 3.63) is 28.7 Å². The quantitative estimate of drug-likeness (QED) is 0.678. The van der Waals surface area contributed by atoms with Crippen molar-refractivity contribution in [3.8, 4) is 0 Å². The molecule has 0 aliphatic carbocycles. The van der Waals surface area contributed by atoms with Gasteiger partial charge in [-0.2, -0.15) is 0 Å². The number of fused-ring (bicyclic) bond motifs is 1. The monoisotopic (exact) mass is 228 g/mol. The Morgan fingerprint density at radius 1 is 1.50 bits per heavy atom. The molecule has 0 spiro atoms. The van der Waals surface area contributed by atoms with E-state index in [4.69, 9.17) is 0 Å². The molecule has 0 saturated carbocycles. The standard InChI is InChI=1S/C8H6BrFN2/c1-12-4-11-7-3-5(9)2-6(10)8(7)12/h2-4H,1H3. The van der Waals surface area contributed by atoms with E-state index in [1.807, 2.05) is 0 Å². The fourth-order valence-corrected chi connectivity index (χ4v) is 1.62. The lowest BCUT2D eigenvalue weighted by Crippen LogP contribution is -1.87. The molecule has 0 saturated heterocycles. The first-order chi connectivity index (χ1) is 5.68. The highest BCUT2D eigenvalue weighted by molar-refractivity contribution is 9.10. The third-order valence-corrected chi connectivity index (χ3v) is 2.19. The molecule has 2 rings (SSSR count). The number of hydrogen-bond donors (Lipinski definition) is 0. The van der Waals surface area contributed by atoms with Crippen molar-refractivity contribution in [2.45, 2.75) is 0 Å². The molecule has 0 N–H and O–H groups in total. The fourth-order valence-electron chi connectivity index (χ4n) is 1.21. The van der Waals surface area contributed by atoms with Gasteiger partial charge in [-0.25, -0.2) is 9.37 Å². The Balaban J connectivity index is 2.93. The lowest BCUT2D eigenvalue weighted by atomic mass is 10.3. The van der Waals surface area contributed by atoms with Gasteiger partial charge in [-0.3, -0.25) is 0 Å². The van der Waals surface area contributed by atoms with E-state index in [0.29, 0.717) is 15.5 Å². The summed E-state index contributed by atoms with van der Waals surface area (Å²) in [6.45, 7) is 0. The van der Waals surface area contributed by atoms with E-state index in [1.54, 1.807) is 24.0 Å². The van der Waals surface area contributed by atoms with Crippen LogP contribution in [-0.2, 0) is 7.05 Å². The second-order valence-electron chi connectivity index (χ2n) is 2.61. The average Bonchev–Trinajstić information content (AvgIpc) is 2.31. The molecule has 2 aromatic rings. The number of benzene rings is 1. The lowest BCUT2D eigenvalue weighted by Gasteiger charge is -1.96. The Kier molecular flexibility index (Phi) is 1.65. The van der Waals surface area contributed by atoms with Gasteiger partial charge in [0.15, 0.2) is 0 Å². The van der Waals surface area contributed by atoms with Crippen molar-refractivity contribution in [1.82, 2.24) is 9.55 Å². The molecule has 62 valence electrons. The molecule has 0 fully saturated rings. The number of nitrogens with zero attached hydrogens (tertiary/aromatic N) is 2. The number of rotatable bonds is 0. The number of hydrogen-bond acceptors (Lipinski definition) is 1. The highest BCUT2D eigenvalue weighted by Crippen LogP contribution is 2.21. The first-order valence-corrected chi connectivity index (χ1v) is 4.24. The number of halogens is 2. The minimum Gasteiger partial charge on any atom is -0.331 e. The minimum atomic E-state index is -0.251. The van der Waals surface area contributed by atoms with Crippen LogP contribution in [-0.4, -0.2) is 9.55 Å². The van der Waals surface area contributed by atoms with Gasteiger partial charge in [0.05, 0.1) is 11.8 Å². The molecular formula is C8H6BrFN2. The van der Waals surface area contributed by atoms with Gasteiger partial charge >= 0.3 is 0 Å². The summed E-state index contributed by atoms with van der Waals surface area (Å²) < 4.78 is 15.6. The predicted molar refractivity (Wildman–Crippen MR) is 48.4 cm³/mol. The Morgan fingerprint density at radius 2 is 2.25 bits per heavy atom. The van der Waals surface area contributed by atoms with E-state index in [0.717, 1.165) is 0 Å². The van der Waals surface area contributed by atoms with Crippen LogP contribution in [0.5, 0.6) is 0 Å². The summed E-state index contributed by atoms with van der Waals surface area (Å²) in [4.78, 5) is 4.03. The highest BCUT2D eigenvalue weighted by Gasteiger charge is 2.06. The van der Waals surface area contributed by atoms with E-state index in [-0.39, 0.29) is 5.82 Å². The van der Waals surface area contributed by atoms with Crippen LogP contribution >= 0.6 is 15.9 Å². The van der Waals surface area contributed by atoms with Crippen molar-refractivity contribution in [2.24, 2.45) is 7.05 Å². The van der Waals surface area contributed by atoms with Crippen LogP contribution in [0.25, 0.3) is 11.0 Å². The Labute approximate surface area is 77.1 Å². The van der Waals surface area contributed by atoms with E-state index in [1.165, 1.54) is 6.07 Å². The van der Waals surface area contributed by atoms with Crippen molar-refractivity contribution in [1.29, 1.82) is 0 Å². The van der Waals surface area contributed by atoms with E-state index in [9.17, 15) is 4.39 Å². The van der Waals surface area contributed by atoms with Gasteiger partial charge in [-0.1, -0.05) is 15.9 Å². The normalized spacial score (nSPS) is 10.9. The molecule has 0 unspecified atom stereocenters. The lowest BCUT2D eigenvalue weighted by molar-refractivity contribution is 0.631. The molecule has 0 aliphatic heterocycles.